The van der Waals surface area contributed by atoms with Crippen molar-refractivity contribution < 1.29 is 31.2 Å². The Hall–Kier alpha value is -3.54. The maximum absolute atomic E-state index is 13.0. The minimum atomic E-state index is -4.59. The third kappa shape index (κ3) is 4.38. The predicted octanol–water partition coefficient (Wildman–Crippen LogP) is 0.224. The van der Waals surface area contributed by atoms with Crippen LogP contribution < -0.4 is 25.0 Å². The van der Waals surface area contributed by atoms with Crippen molar-refractivity contribution in [1.82, 2.24) is 0 Å². The maximum Gasteiger partial charge on any atom is 0.265 e. The summed E-state index contributed by atoms with van der Waals surface area (Å²) in [5, 5.41) is 5.72. The maximum atomic E-state index is 13.0. The van der Waals surface area contributed by atoms with Crippen molar-refractivity contribution in [3.8, 4) is 5.75 Å². The van der Waals surface area contributed by atoms with Crippen molar-refractivity contribution in [3.05, 3.63) is 68.9 Å². The fraction of sp³-hybridized carbons (Fsp3) is 0.0909. The summed E-state index contributed by atoms with van der Waals surface area (Å²) in [7, 11) is -9.08. The summed E-state index contributed by atoms with van der Waals surface area (Å²) in [6, 6.07) is 8.80. The number of rotatable bonds is 6. The first-order chi connectivity index (χ1) is 15.5. The molecule has 2 aliphatic carbocycles. The van der Waals surface area contributed by atoms with Crippen molar-refractivity contribution >= 4 is 60.4 Å². The van der Waals surface area contributed by atoms with Crippen LogP contribution in [0.2, 0.25) is 0 Å². The van der Waals surface area contributed by atoms with Gasteiger partial charge in [-0.3, -0.25) is 14.3 Å². The van der Waals surface area contributed by atoms with Gasteiger partial charge in [0.25, 0.3) is 10.0 Å². The number of nitrogens with one attached hydrogen (secondary N) is 1. The Morgan fingerprint density at radius 1 is 0.939 bits per heavy atom. The highest BCUT2D eigenvalue weighted by molar-refractivity contribution is 8.01. The van der Waals surface area contributed by atoms with E-state index in [0.29, 0.717) is 23.1 Å². The first kappa shape index (κ1) is 22.6. The second kappa shape index (κ2) is 8.10. The van der Waals surface area contributed by atoms with E-state index < -0.39 is 35.6 Å². The van der Waals surface area contributed by atoms with Crippen molar-refractivity contribution in [2.75, 3.05) is 11.3 Å². The van der Waals surface area contributed by atoms with E-state index in [2.05, 4.69) is 4.72 Å². The number of fused-ring (bicyclic) bond motifs is 2. The number of anilines is 1. The minimum absolute atomic E-state index is 0.0336. The average molecular weight is 487 g/mol. The number of primary sulfonamides is 1. The third-order valence-electron chi connectivity index (χ3n) is 4.93. The van der Waals surface area contributed by atoms with E-state index in [-0.39, 0.29) is 22.3 Å². The zero-order chi connectivity index (χ0) is 24.0. The number of carbonyl (C=O) groups is 2. The van der Waals surface area contributed by atoms with Gasteiger partial charge in [-0.05, 0) is 77.9 Å². The lowest BCUT2D eigenvalue weighted by Crippen LogP contribution is -2.35. The highest BCUT2D eigenvalue weighted by atomic mass is 32.2. The molecule has 0 fully saturated rings. The fourth-order valence-electron chi connectivity index (χ4n) is 3.53. The molecular formula is C22H18N2O7S2. The molecule has 2 aliphatic rings. The summed E-state index contributed by atoms with van der Waals surface area (Å²) in [5.74, 6) is -1.00. The first-order valence-corrected chi connectivity index (χ1v) is 12.7. The summed E-state index contributed by atoms with van der Waals surface area (Å²) in [5.41, 5.74) is 0.767. The highest BCUT2D eigenvalue weighted by Gasteiger charge is 2.36. The van der Waals surface area contributed by atoms with Crippen LogP contribution in [-0.4, -0.2) is 35.0 Å². The lowest BCUT2D eigenvalue weighted by molar-refractivity contribution is -0.110. The van der Waals surface area contributed by atoms with E-state index >= 15 is 0 Å². The largest absolute Gasteiger partial charge is 0.494 e. The molecule has 0 saturated heterocycles. The van der Waals surface area contributed by atoms with Gasteiger partial charge in [-0.15, -0.1) is 0 Å². The summed E-state index contributed by atoms with van der Waals surface area (Å²) in [6.45, 7) is 2.23. The molecule has 0 radical (unpaired) electrons. The van der Waals surface area contributed by atoms with Gasteiger partial charge in [0.2, 0.25) is 15.8 Å². The minimum Gasteiger partial charge on any atom is -0.494 e. The Balaban J connectivity index is 1.86. The van der Waals surface area contributed by atoms with Crippen LogP contribution in [0.15, 0.2) is 47.4 Å². The highest BCUT2D eigenvalue weighted by Crippen LogP contribution is 2.26. The molecule has 9 nitrogen and oxygen atoms in total. The molecule has 3 N–H and O–H groups in total. The second-order valence-corrected chi connectivity index (χ2v) is 10.4. The van der Waals surface area contributed by atoms with E-state index in [1.165, 1.54) is 42.5 Å². The lowest BCUT2D eigenvalue weighted by Gasteiger charge is -2.17. The topological polar surface area (TPSA) is 150 Å². The van der Waals surface area contributed by atoms with Crippen LogP contribution in [0.4, 0.5) is 5.69 Å². The molecule has 4 rings (SSSR count). The third-order valence-corrected chi connectivity index (χ3v) is 7.29. The standard InChI is InChI=1S/C22H18N2O7S2/c1-2-31-18-7-4-16(5-8-18)24-33(29,30)20-12-15-9-14-10-17(25)6-3-13(14)11-19(15)22(21(20)26)32(23,27)28/h3-12,24H,2H2,1H3,(H2,23,27,28). The van der Waals surface area contributed by atoms with Gasteiger partial charge in [-0.1, -0.05) is 6.08 Å². The molecule has 0 aromatic heterocycles. The molecule has 0 heterocycles. The van der Waals surface area contributed by atoms with Crippen molar-refractivity contribution in [2.24, 2.45) is 5.14 Å². The van der Waals surface area contributed by atoms with Crippen LogP contribution in [-0.2, 0) is 29.6 Å². The molecule has 33 heavy (non-hydrogen) atoms. The summed E-state index contributed by atoms with van der Waals surface area (Å²) in [6.07, 6.45) is 5.16. The van der Waals surface area contributed by atoms with E-state index in [9.17, 15) is 26.4 Å². The van der Waals surface area contributed by atoms with Gasteiger partial charge in [0.1, 0.15) is 15.6 Å². The van der Waals surface area contributed by atoms with Crippen LogP contribution in [0, 0.1) is 0 Å². The van der Waals surface area contributed by atoms with E-state index in [1.54, 1.807) is 19.1 Å². The molecule has 11 heteroatoms. The molecule has 0 spiro atoms. The molecule has 0 unspecified atom stereocenters. The number of ketones is 2. The molecule has 0 atom stereocenters. The second-order valence-electron chi connectivity index (χ2n) is 7.22. The number of hydrogen-bond donors (Lipinski definition) is 2. The predicted molar refractivity (Wildman–Crippen MR) is 124 cm³/mol. The van der Waals surface area contributed by atoms with Crippen molar-refractivity contribution in [2.45, 2.75) is 6.92 Å². The SMILES string of the molecule is CCOc1ccc(NS(=O)(=O)C2=Cc3cc4c(cc3=C(S(N)(=O)=O)C2=O)C=CC(=O)C=4)cc1. The fourth-order valence-corrected chi connectivity index (χ4v) is 5.63. The van der Waals surface area contributed by atoms with Crippen LogP contribution in [0.1, 0.15) is 18.1 Å². The number of sulfonamides is 2. The Morgan fingerprint density at radius 2 is 1.64 bits per heavy atom. The Labute approximate surface area is 189 Å². The van der Waals surface area contributed by atoms with Gasteiger partial charge in [-0.25, -0.2) is 22.0 Å². The van der Waals surface area contributed by atoms with Gasteiger partial charge >= 0.3 is 0 Å². The summed E-state index contributed by atoms with van der Waals surface area (Å²) >= 11 is 0. The molecule has 0 amide bonds. The number of hydrogen-bond acceptors (Lipinski definition) is 7. The Morgan fingerprint density at radius 3 is 2.27 bits per heavy atom. The van der Waals surface area contributed by atoms with Gasteiger partial charge < -0.3 is 4.74 Å². The molecule has 0 saturated carbocycles. The molecule has 0 aliphatic heterocycles. The monoisotopic (exact) mass is 486 g/mol. The first-order valence-electron chi connectivity index (χ1n) is 9.66. The Bertz CT molecular complexity index is 1600. The smallest absolute Gasteiger partial charge is 0.265 e. The van der Waals surface area contributed by atoms with E-state index in [1.807, 2.05) is 0 Å². The zero-order valence-corrected chi connectivity index (χ0v) is 18.9. The van der Waals surface area contributed by atoms with Crippen molar-refractivity contribution in [1.29, 1.82) is 0 Å². The molecule has 0 bridgehead atoms. The van der Waals surface area contributed by atoms with Gasteiger partial charge in [-0.2, -0.15) is 0 Å². The number of ether oxygens (including phenoxy) is 1. The van der Waals surface area contributed by atoms with Gasteiger partial charge in [0.05, 0.1) is 6.61 Å². The summed E-state index contributed by atoms with van der Waals surface area (Å²) < 4.78 is 58.3. The van der Waals surface area contributed by atoms with Crippen LogP contribution >= 0.6 is 0 Å². The van der Waals surface area contributed by atoms with E-state index in [4.69, 9.17) is 9.88 Å². The van der Waals surface area contributed by atoms with Crippen LogP contribution in [0.25, 0.3) is 23.1 Å². The number of Topliss-reactive ketones (excluding diaryl/α,β-unsaturated/α-hetero) is 1. The number of allylic oxidation sites excluding steroid dienone is 2. The number of benzene rings is 2. The lowest BCUT2D eigenvalue weighted by atomic mass is 9.97. The number of carbonyl (C=O) groups excluding carboxylic acids is 2. The molecular weight excluding hydrogens is 468 g/mol. The zero-order valence-electron chi connectivity index (χ0n) is 17.2. The normalized spacial score (nSPS) is 15.3. The molecule has 170 valence electrons. The van der Waals surface area contributed by atoms with Crippen LogP contribution in [0.3, 0.4) is 0 Å². The van der Waals surface area contributed by atoms with Gasteiger partial charge in [0.15, 0.2) is 5.78 Å². The quantitative estimate of drug-likeness (QED) is 0.593. The molecule has 2 aromatic rings. The van der Waals surface area contributed by atoms with Crippen LogP contribution in [0.5, 0.6) is 5.75 Å². The van der Waals surface area contributed by atoms with Crippen molar-refractivity contribution in [3.63, 3.8) is 0 Å². The molecule has 2 aromatic carbocycles. The van der Waals surface area contributed by atoms with E-state index in [0.717, 1.165) is 6.08 Å². The average Bonchev–Trinajstić information content (AvgIpc) is 2.72. The number of nitrogens with two attached hydrogens (primary N) is 1. The Kier molecular flexibility index (Phi) is 5.56. The van der Waals surface area contributed by atoms with Gasteiger partial charge in [0, 0.05) is 10.9 Å². The summed E-state index contributed by atoms with van der Waals surface area (Å²) in [4.78, 5) is 23.1.